The molecule has 2 rings (SSSR count). The van der Waals surface area contributed by atoms with Gasteiger partial charge in [-0.05, 0) is 32.4 Å². The lowest BCUT2D eigenvalue weighted by molar-refractivity contribution is -0.384. The lowest BCUT2D eigenvalue weighted by atomic mass is 10.1. The number of carbonyl (C=O) groups is 1. The summed E-state index contributed by atoms with van der Waals surface area (Å²) < 4.78 is 1.83. The number of nitro benzene ring substituents is 1. The number of amides is 1. The van der Waals surface area contributed by atoms with E-state index < -0.39 is 4.92 Å². The minimum Gasteiger partial charge on any atom is -0.346 e. The molecule has 0 spiro atoms. The number of aryl methyl sites for hydroxylation is 2. The summed E-state index contributed by atoms with van der Waals surface area (Å²) in [7, 11) is 0. The van der Waals surface area contributed by atoms with Crippen LogP contribution in [0.15, 0.2) is 36.5 Å². The molecule has 0 radical (unpaired) electrons. The normalized spacial score (nSPS) is 12.3. The van der Waals surface area contributed by atoms with Crippen LogP contribution in [0.1, 0.15) is 36.7 Å². The van der Waals surface area contributed by atoms with Gasteiger partial charge in [0.2, 0.25) is 5.91 Å². The van der Waals surface area contributed by atoms with Gasteiger partial charge in [0.25, 0.3) is 5.69 Å². The van der Waals surface area contributed by atoms with Gasteiger partial charge in [-0.15, -0.1) is 0 Å². The number of carbonyl (C=O) groups excluding carboxylic acids is 1. The topological polar surface area (TPSA) is 90.1 Å². The average Bonchev–Trinajstić information content (AvgIpc) is 2.94. The molecule has 1 N–H and O–H groups in total. The van der Waals surface area contributed by atoms with E-state index in [9.17, 15) is 14.9 Å². The molecule has 7 nitrogen and oxygen atoms in total. The van der Waals surface area contributed by atoms with Crippen LogP contribution >= 0.6 is 0 Å². The number of benzene rings is 1. The molecule has 0 aliphatic carbocycles. The van der Waals surface area contributed by atoms with Crippen molar-refractivity contribution in [1.82, 2.24) is 15.1 Å². The monoisotopic (exact) mass is 328 g/mol. The molecule has 0 aliphatic heterocycles. The van der Waals surface area contributed by atoms with Gasteiger partial charge < -0.3 is 5.32 Å². The highest BCUT2D eigenvalue weighted by molar-refractivity contribution is 5.92. The summed E-state index contributed by atoms with van der Waals surface area (Å²) in [5, 5.41) is 18.0. The first-order chi connectivity index (χ1) is 11.4. The van der Waals surface area contributed by atoms with Crippen molar-refractivity contribution < 1.29 is 9.72 Å². The molecule has 0 saturated carbocycles. The van der Waals surface area contributed by atoms with Crippen molar-refractivity contribution in [1.29, 1.82) is 0 Å². The summed E-state index contributed by atoms with van der Waals surface area (Å²) in [5.41, 5.74) is 2.44. The van der Waals surface area contributed by atoms with Crippen molar-refractivity contribution >= 4 is 17.7 Å². The highest BCUT2D eigenvalue weighted by Gasteiger charge is 2.13. The highest BCUT2D eigenvalue weighted by Crippen LogP contribution is 2.17. The van der Waals surface area contributed by atoms with Crippen LogP contribution in [0.3, 0.4) is 0 Å². The Labute approximate surface area is 140 Å². The Balaban J connectivity index is 2.03. The minimum atomic E-state index is -0.465. The third-order valence-electron chi connectivity index (χ3n) is 3.64. The summed E-state index contributed by atoms with van der Waals surface area (Å²) in [6.07, 6.45) is 4.84. The molecule has 0 aliphatic rings. The lowest BCUT2D eigenvalue weighted by Gasteiger charge is -2.11. The summed E-state index contributed by atoms with van der Waals surface area (Å²) >= 11 is 0. The standard InChI is InChI=1S/C17H20N4O3/c1-4-20-11-16(13(3)19-20)12(2)18-17(22)9-8-14-6-5-7-15(10-14)21(23)24/h5-12H,4H2,1-3H3,(H,18,22)/b9-8+. The van der Waals surface area contributed by atoms with Gasteiger partial charge in [0.05, 0.1) is 16.7 Å². The van der Waals surface area contributed by atoms with Gasteiger partial charge in [0.1, 0.15) is 0 Å². The summed E-state index contributed by atoms with van der Waals surface area (Å²) in [4.78, 5) is 22.3. The molecular weight excluding hydrogens is 308 g/mol. The fourth-order valence-corrected chi connectivity index (χ4v) is 2.37. The van der Waals surface area contributed by atoms with Crippen LogP contribution in [0.5, 0.6) is 0 Å². The first kappa shape index (κ1) is 17.4. The van der Waals surface area contributed by atoms with E-state index in [1.165, 1.54) is 18.2 Å². The summed E-state index contributed by atoms with van der Waals surface area (Å²) in [6.45, 7) is 6.57. The van der Waals surface area contributed by atoms with Gasteiger partial charge in [-0.1, -0.05) is 12.1 Å². The number of aromatic nitrogens is 2. The second-order valence-corrected chi connectivity index (χ2v) is 5.44. The molecule has 7 heteroatoms. The maximum Gasteiger partial charge on any atom is 0.270 e. The zero-order chi connectivity index (χ0) is 17.7. The molecule has 1 aromatic heterocycles. The first-order valence-electron chi connectivity index (χ1n) is 7.67. The molecule has 1 aromatic carbocycles. The van der Waals surface area contributed by atoms with Crippen LogP contribution in [0.25, 0.3) is 6.08 Å². The van der Waals surface area contributed by atoms with Crippen molar-refractivity contribution in [2.45, 2.75) is 33.4 Å². The van der Waals surface area contributed by atoms with Crippen LogP contribution in [-0.2, 0) is 11.3 Å². The van der Waals surface area contributed by atoms with Crippen molar-refractivity contribution in [3.05, 3.63) is 63.5 Å². The van der Waals surface area contributed by atoms with Crippen LogP contribution < -0.4 is 5.32 Å². The second kappa shape index (κ2) is 7.54. The van der Waals surface area contributed by atoms with Crippen molar-refractivity contribution in [3.8, 4) is 0 Å². The van der Waals surface area contributed by atoms with Crippen molar-refractivity contribution in [2.75, 3.05) is 0 Å². The largest absolute Gasteiger partial charge is 0.346 e. The van der Waals surface area contributed by atoms with Crippen LogP contribution in [0.4, 0.5) is 5.69 Å². The molecule has 0 saturated heterocycles. The highest BCUT2D eigenvalue weighted by atomic mass is 16.6. The number of hydrogen-bond acceptors (Lipinski definition) is 4. The predicted octanol–water partition coefficient (Wildman–Crippen LogP) is 3.01. The fourth-order valence-electron chi connectivity index (χ4n) is 2.37. The summed E-state index contributed by atoms with van der Waals surface area (Å²) in [6, 6.07) is 5.94. The molecule has 0 fully saturated rings. The van der Waals surface area contributed by atoms with Crippen LogP contribution in [-0.4, -0.2) is 20.6 Å². The molecule has 1 heterocycles. The van der Waals surface area contributed by atoms with Crippen molar-refractivity contribution in [3.63, 3.8) is 0 Å². The van der Waals surface area contributed by atoms with Gasteiger partial charge in [-0.3, -0.25) is 19.6 Å². The first-order valence-corrected chi connectivity index (χ1v) is 7.67. The van der Waals surface area contributed by atoms with Crippen LogP contribution in [0.2, 0.25) is 0 Å². The Morgan fingerprint density at radius 3 is 2.88 bits per heavy atom. The second-order valence-electron chi connectivity index (χ2n) is 5.44. The molecule has 24 heavy (non-hydrogen) atoms. The van der Waals surface area contributed by atoms with Gasteiger partial charge >= 0.3 is 0 Å². The predicted molar refractivity (Wildman–Crippen MR) is 91.3 cm³/mol. The molecule has 1 atom stereocenters. The van der Waals surface area contributed by atoms with Crippen LogP contribution in [0, 0.1) is 17.0 Å². The van der Waals surface area contributed by atoms with E-state index in [1.54, 1.807) is 18.2 Å². The number of rotatable bonds is 6. The Bertz CT molecular complexity index is 780. The van der Waals surface area contributed by atoms with Gasteiger partial charge in [-0.25, -0.2) is 0 Å². The Kier molecular flexibility index (Phi) is 5.47. The number of nitrogens with zero attached hydrogens (tertiary/aromatic N) is 3. The SMILES string of the molecule is CCn1cc(C(C)NC(=O)/C=C/c2cccc([N+](=O)[O-])c2)c(C)n1. The molecular formula is C17H20N4O3. The Morgan fingerprint density at radius 1 is 1.50 bits per heavy atom. The fraction of sp³-hybridized carbons (Fsp3) is 0.294. The van der Waals surface area contributed by atoms with Crippen molar-refractivity contribution in [2.24, 2.45) is 0 Å². The van der Waals surface area contributed by atoms with E-state index in [0.29, 0.717) is 5.56 Å². The smallest absolute Gasteiger partial charge is 0.270 e. The van der Waals surface area contributed by atoms with E-state index in [-0.39, 0.29) is 17.6 Å². The maximum atomic E-state index is 12.0. The third kappa shape index (κ3) is 4.28. The van der Waals surface area contributed by atoms with Gasteiger partial charge in [0.15, 0.2) is 0 Å². The third-order valence-corrected chi connectivity index (χ3v) is 3.64. The van der Waals surface area contributed by atoms with E-state index in [1.807, 2.05) is 31.6 Å². The van der Waals surface area contributed by atoms with E-state index in [0.717, 1.165) is 17.8 Å². The van der Waals surface area contributed by atoms with E-state index >= 15 is 0 Å². The van der Waals surface area contributed by atoms with Gasteiger partial charge in [0, 0.05) is 36.5 Å². The quantitative estimate of drug-likeness (QED) is 0.501. The lowest BCUT2D eigenvalue weighted by Crippen LogP contribution is -2.24. The Morgan fingerprint density at radius 2 is 2.25 bits per heavy atom. The molecule has 2 aromatic rings. The minimum absolute atomic E-state index is 0.00599. The number of nitro groups is 1. The van der Waals surface area contributed by atoms with Gasteiger partial charge in [-0.2, -0.15) is 5.10 Å². The van der Waals surface area contributed by atoms with E-state index in [2.05, 4.69) is 10.4 Å². The maximum absolute atomic E-state index is 12.0. The zero-order valence-electron chi connectivity index (χ0n) is 13.9. The molecule has 1 amide bonds. The molecule has 0 bridgehead atoms. The average molecular weight is 328 g/mol. The molecule has 126 valence electrons. The van der Waals surface area contributed by atoms with E-state index in [4.69, 9.17) is 0 Å². The zero-order valence-corrected chi connectivity index (χ0v) is 13.9. The summed E-state index contributed by atoms with van der Waals surface area (Å²) in [5.74, 6) is -0.266. The molecule has 1 unspecified atom stereocenters. The number of hydrogen-bond donors (Lipinski definition) is 1. The number of non-ortho nitro benzene ring substituents is 1. The number of nitrogens with one attached hydrogen (secondary N) is 1. The Hall–Kier alpha value is -2.96.